The molecule has 1 aliphatic rings. The van der Waals surface area contributed by atoms with Gasteiger partial charge < -0.3 is 0 Å². The lowest BCUT2D eigenvalue weighted by atomic mass is 9.72. The van der Waals surface area contributed by atoms with Crippen LogP contribution in [0.2, 0.25) is 0 Å². The van der Waals surface area contributed by atoms with Crippen LogP contribution in [0.3, 0.4) is 0 Å². The number of hydrogen-bond acceptors (Lipinski definition) is 5. The van der Waals surface area contributed by atoms with Gasteiger partial charge >= 0.3 is 0 Å². The molecule has 0 bridgehead atoms. The summed E-state index contributed by atoms with van der Waals surface area (Å²) in [6.07, 6.45) is 4.28. The highest BCUT2D eigenvalue weighted by Crippen LogP contribution is 2.36. The van der Waals surface area contributed by atoms with Crippen molar-refractivity contribution in [2.45, 2.75) is 65.5 Å². The number of aromatic nitrogens is 2. The Morgan fingerprint density at radius 2 is 1.83 bits per heavy atom. The van der Waals surface area contributed by atoms with Gasteiger partial charge in [0.2, 0.25) is 0 Å². The number of carbonyl (C=O) groups excluding carboxylic acids is 1. The maximum atomic E-state index is 12.0. The summed E-state index contributed by atoms with van der Waals surface area (Å²) in [5, 5.41) is 4.95. The Morgan fingerprint density at radius 1 is 1.25 bits per heavy atom. The van der Waals surface area contributed by atoms with Crippen LogP contribution in [0, 0.1) is 25.2 Å². The lowest BCUT2D eigenvalue weighted by molar-refractivity contribution is -0.118. The monoisotopic (exact) mass is 348 g/mol. The van der Waals surface area contributed by atoms with Crippen molar-refractivity contribution in [3.63, 3.8) is 0 Å². The first kappa shape index (κ1) is 18.9. The second-order valence-electron chi connectivity index (χ2n) is 7.58. The summed E-state index contributed by atoms with van der Waals surface area (Å²) in [5.74, 6) is 0.919. The SMILES string of the molecule is Cc1cc(C)nc(SCC(=O)NN=C2CCC(C(C)(C)C)CC2)n1. The third-order valence-corrected chi connectivity index (χ3v) is 5.27. The van der Waals surface area contributed by atoms with Crippen molar-refractivity contribution in [3.05, 3.63) is 17.5 Å². The highest BCUT2D eigenvalue weighted by Gasteiger charge is 2.28. The van der Waals surface area contributed by atoms with E-state index in [9.17, 15) is 4.79 Å². The van der Waals surface area contributed by atoms with Crippen LogP contribution in [0.5, 0.6) is 0 Å². The first-order chi connectivity index (χ1) is 11.2. The summed E-state index contributed by atoms with van der Waals surface area (Å²) in [5.41, 5.74) is 5.98. The van der Waals surface area contributed by atoms with Crippen LogP contribution in [0.25, 0.3) is 0 Å². The predicted octanol–water partition coefficient (Wildman–Crippen LogP) is 3.89. The molecule has 1 heterocycles. The number of nitrogens with one attached hydrogen (secondary N) is 1. The zero-order chi connectivity index (χ0) is 17.7. The van der Waals surface area contributed by atoms with E-state index in [2.05, 4.69) is 41.3 Å². The molecule has 1 saturated carbocycles. The fourth-order valence-corrected chi connectivity index (χ4v) is 3.73. The quantitative estimate of drug-likeness (QED) is 0.509. The lowest BCUT2D eigenvalue weighted by Gasteiger charge is -2.34. The third-order valence-electron chi connectivity index (χ3n) is 4.42. The molecule has 0 radical (unpaired) electrons. The van der Waals surface area contributed by atoms with Gasteiger partial charge in [-0.3, -0.25) is 4.79 Å². The predicted molar refractivity (Wildman–Crippen MR) is 99.2 cm³/mol. The third kappa shape index (κ3) is 5.89. The van der Waals surface area contributed by atoms with E-state index in [1.807, 2.05) is 19.9 Å². The van der Waals surface area contributed by atoms with Gasteiger partial charge in [0.15, 0.2) is 5.16 Å². The molecule has 1 amide bonds. The lowest BCUT2D eigenvalue weighted by Crippen LogP contribution is -2.28. The molecule has 132 valence electrons. The van der Waals surface area contributed by atoms with Crippen molar-refractivity contribution in [2.24, 2.45) is 16.4 Å². The maximum Gasteiger partial charge on any atom is 0.250 e. The summed E-state index contributed by atoms with van der Waals surface area (Å²) in [4.78, 5) is 20.6. The summed E-state index contributed by atoms with van der Waals surface area (Å²) < 4.78 is 0. The fraction of sp³-hybridized carbons (Fsp3) is 0.667. The minimum absolute atomic E-state index is 0.104. The van der Waals surface area contributed by atoms with Crippen LogP contribution in [0.15, 0.2) is 16.3 Å². The molecule has 24 heavy (non-hydrogen) atoms. The second kappa shape index (κ2) is 8.10. The van der Waals surface area contributed by atoms with Crippen molar-refractivity contribution >= 4 is 23.4 Å². The standard InChI is InChI=1S/C18H28N4OS/c1-12-10-13(2)20-17(19-12)24-11-16(23)22-21-15-8-6-14(7-9-15)18(3,4)5/h10,14H,6-9,11H2,1-5H3,(H,22,23). The molecule has 1 aliphatic carbocycles. The van der Waals surface area contributed by atoms with Crippen LogP contribution in [0.4, 0.5) is 0 Å². The summed E-state index contributed by atoms with van der Waals surface area (Å²) >= 11 is 1.34. The van der Waals surface area contributed by atoms with Crippen LogP contribution < -0.4 is 5.43 Å². The number of hydrazone groups is 1. The van der Waals surface area contributed by atoms with Crippen molar-refractivity contribution in [3.8, 4) is 0 Å². The Morgan fingerprint density at radius 3 is 2.38 bits per heavy atom. The molecule has 1 N–H and O–H groups in total. The van der Waals surface area contributed by atoms with Gasteiger partial charge in [0, 0.05) is 17.1 Å². The van der Waals surface area contributed by atoms with Gasteiger partial charge in [0.25, 0.3) is 5.91 Å². The highest BCUT2D eigenvalue weighted by atomic mass is 32.2. The van der Waals surface area contributed by atoms with E-state index < -0.39 is 0 Å². The second-order valence-corrected chi connectivity index (χ2v) is 8.52. The molecular formula is C18H28N4OS. The minimum atomic E-state index is -0.104. The van der Waals surface area contributed by atoms with Crippen molar-refractivity contribution in [2.75, 3.05) is 5.75 Å². The maximum absolute atomic E-state index is 12.0. The van der Waals surface area contributed by atoms with Crippen molar-refractivity contribution in [1.82, 2.24) is 15.4 Å². The summed E-state index contributed by atoms with van der Waals surface area (Å²) in [6, 6.07) is 1.92. The molecule has 1 aromatic rings. The van der Waals surface area contributed by atoms with Gasteiger partial charge in [0.1, 0.15) is 0 Å². The Bertz CT molecular complexity index is 592. The summed E-state index contributed by atoms with van der Waals surface area (Å²) in [7, 11) is 0. The van der Waals surface area contributed by atoms with Gasteiger partial charge in [-0.15, -0.1) is 0 Å². The molecule has 0 aliphatic heterocycles. The molecule has 2 rings (SSSR count). The molecule has 0 saturated heterocycles. The number of amides is 1. The van der Waals surface area contributed by atoms with Crippen molar-refractivity contribution < 1.29 is 4.79 Å². The molecule has 6 heteroatoms. The topological polar surface area (TPSA) is 67.2 Å². The number of hydrogen-bond donors (Lipinski definition) is 1. The van der Waals surface area contributed by atoms with Crippen LogP contribution in [-0.4, -0.2) is 27.3 Å². The Hall–Kier alpha value is -1.43. The Labute approximate surface area is 149 Å². The van der Waals surface area contributed by atoms with E-state index in [1.54, 1.807) is 0 Å². The molecule has 1 fully saturated rings. The van der Waals surface area contributed by atoms with Crippen LogP contribution in [-0.2, 0) is 4.79 Å². The van der Waals surface area contributed by atoms with E-state index in [0.717, 1.165) is 48.7 Å². The van der Waals surface area contributed by atoms with Gasteiger partial charge in [-0.25, -0.2) is 15.4 Å². The van der Waals surface area contributed by atoms with E-state index in [0.29, 0.717) is 10.6 Å². The number of rotatable bonds is 4. The number of aryl methyl sites for hydroxylation is 2. The average Bonchev–Trinajstić information content (AvgIpc) is 2.49. The van der Waals surface area contributed by atoms with Crippen LogP contribution >= 0.6 is 11.8 Å². The zero-order valence-electron chi connectivity index (χ0n) is 15.3. The van der Waals surface area contributed by atoms with E-state index in [4.69, 9.17) is 0 Å². The van der Waals surface area contributed by atoms with Gasteiger partial charge in [-0.1, -0.05) is 32.5 Å². The molecule has 0 unspecified atom stereocenters. The fourth-order valence-electron chi connectivity index (χ4n) is 2.99. The molecule has 0 atom stereocenters. The number of nitrogens with zero attached hydrogens (tertiary/aromatic N) is 3. The average molecular weight is 349 g/mol. The molecule has 5 nitrogen and oxygen atoms in total. The smallest absolute Gasteiger partial charge is 0.250 e. The van der Waals surface area contributed by atoms with Gasteiger partial charge in [-0.05, 0) is 56.9 Å². The van der Waals surface area contributed by atoms with E-state index >= 15 is 0 Å². The van der Waals surface area contributed by atoms with Crippen LogP contribution in [0.1, 0.15) is 57.8 Å². The molecule has 0 aromatic carbocycles. The summed E-state index contributed by atoms with van der Waals surface area (Å²) in [6.45, 7) is 10.8. The van der Waals surface area contributed by atoms with Crippen molar-refractivity contribution in [1.29, 1.82) is 0 Å². The first-order valence-corrected chi connectivity index (χ1v) is 9.52. The Kier molecular flexibility index (Phi) is 6.38. The van der Waals surface area contributed by atoms with E-state index in [-0.39, 0.29) is 11.7 Å². The number of carbonyl (C=O) groups is 1. The van der Waals surface area contributed by atoms with Gasteiger partial charge in [-0.2, -0.15) is 5.10 Å². The van der Waals surface area contributed by atoms with Gasteiger partial charge in [0.05, 0.1) is 5.75 Å². The molecular weight excluding hydrogens is 320 g/mol. The largest absolute Gasteiger partial charge is 0.272 e. The molecule has 1 aromatic heterocycles. The minimum Gasteiger partial charge on any atom is -0.272 e. The zero-order valence-corrected chi connectivity index (χ0v) is 16.2. The normalized spacial score (nSPS) is 18.4. The highest BCUT2D eigenvalue weighted by molar-refractivity contribution is 7.99. The first-order valence-electron chi connectivity index (χ1n) is 8.53. The Balaban J connectivity index is 1.77. The molecule has 0 spiro atoms. The van der Waals surface area contributed by atoms with E-state index in [1.165, 1.54) is 11.8 Å². The number of thioether (sulfide) groups is 1.